The summed E-state index contributed by atoms with van der Waals surface area (Å²) < 4.78 is 28.7. The topological polar surface area (TPSA) is 89.5 Å². The van der Waals surface area contributed by atoms with Crippen molar-refractivity contribution in [3.8, 4) is 0 Å². The zero-order chi connectivity index (χ0) is 19.3. The smallest absolute Gasteiger partial charge is 0.340 e. The molecule has 1 atom stereocenters. The number of nitrogens with one attached hydrogen (secondary N) is 1. The van der Waals surface area contributed by atoms with Crippen LogP contribution in [0, 0.1) is 0 Å². The molecule has 0 bridgehead atoms. The summed E-state index contributed by atoms with van der Waals surface area (Å²) in [5.74, 6) is -1.37. The van der Waals surface area contributed by atoms with E-state index in [2.05, 4.69) is 5.32 Å². The number of ether oxygens (including phenoxy) is 1. The number of rotatable bonds is 6. The maximum absolute atomic E-state index is 12.3. The van der Waals surface area contributed by atoms with Gasteiger partial charge in [-0.15, -0.1) is 0 Å². The van der Waals surface area contributed by atoms with Gasteiger partial charge < -0.3 is 10.1 Å². The van der Waals surface area contributed by atoms with E-state index in [-0.39, 0.29) is 10.5 Å². The van der Waals surface area contributed by atoms with Gasteiger partial charge in [0, 0.05) is 11.9 Å². The van der Waals surface area contributed by atoms with Crippen molar-refractivity contribution in [1.82, 2.24) is 0 Å². The van der Waals surface area contributed by atoms with E-state index in [1.807, 2.05) is 19.1 Å². The van der Waals surface area contributed by atoms with Crippen LogP contribution in [0.3, 0.4) is 0 Å². The molecule has 0 aliphatic rings. The molecule has 0 radical (unpaired) electrons. The summed E-state index contributed by atoms with van der Waals surface area (Å²) in [5.41, 5.74) is 1.63. The van der Waals surface area contributed by atoms with Gasteiger partial charge in [-0.2, -0.15) is 0 Å². The monoisotopic (exact) mass is 375 g/mol. The fraction of sp³-hybridized carbons (Fsp3) is 0.263. The van der Waals surface area contributed by atoms with Gasteiger partial charge in [-0.1, -0.05) is 31.2 Å². The van der Waals surface area contributed by atoms with E-state index in [4.69, 9.17) is 4.74 Å². The second kappa shape index (κ2) is 8.14. The normalized spacial score (nSPS) is 12.3. The number of aryl methyl sites for hydroxylation is 1. The molecule has 0 heterocycles. The number of carbonyl (C=O) groups is 2. The molecule has 2 aromatic carbocycles. The van der Waals surface area contributed by atoms with Crippen molar-refractivity contribution in [2.24, 2.45) is 0 Å². The van der Waals surface area contributed by atoms with Crippen LogP contribution in [0.15, 0.2) is 53.4 Å². The number of benzene rings is 2. The molecule has 2 rings (SSSR count). The van der Waals surface area contributed by atoms with Crippen molar-refractivity contribution in [3.05, 3.63) is 59.7 Å². The van der Waals surface area contributed by atoms with E-state index in [0.717, 1.165) is 18.2 Å². The Hall–Kier alpha value is -2.67. The molecule has 1 N–H and O–H groups in total. The molecule has 0 aliphatic heterocycles. The highest BCUT2D eigenvalue weighted by molar-refractivity contribution is 7.90. The van der Waals surface area contributed by atoms with Crippen molar-refractivity contribution in [1.29, 1.82) is 0 Å². The molecule has 7 heteroatoms. The molecule has 0 unspecified atom stereocenters. The maximum Gasteiger partial charge on any atom is 0.340 e. The third kappa shape index (κ3) is 4.92. The highest BCUT2D eigenvalue weighted by atomic mass is 32.2. The van der Waals surface area contributed by atoms with Gasteiger partial charge in [-0.25, -0.2) is 13.2 Å². The lowest BCUT2D eigenvalue weighted by Crippen LogP contribution is -2.30. The molecular formula is C19H21NO5S. The van der Waals surface area contributed by atoms with Crippen LogP contribution in [-0.2, 0) is 25.8 Å². The second-order valence-electron chi connectivity index (χ2n) is 5.86. The lowest BCUT2D eigenvalue weighted by atomic mass is 10.1. The van der Waals surface area contributed by atoms with Crippen LogP contribution >= 0.6 is 0 Å². The summed E-state index contributed by atoms with van der Waals surface area (Å²) >= 11 is 0. The van der Waals surface area contributed by atoms with Crippen LogP contribution in [0.2, 0.25) is 0 Å². The van der Waals surface area contributed by atoms with E-state index in [0.29, 0.717) is 5.69 Å². The molecule has 0 spiro atoms. The molecule has 138 valence electrons. The van der Waals surface area contributed by atoms with E-state index in [1.165, 1.54) is 31.2 Å². The average molecular weight is 375 g/mol. The fourth-order valence-electron chi connectivity index (χ4n) is 2.30. The van der Waals surface area contributed by atoms with Gasteiger partial charge in [0.15, 0.2) is 15.9 Å². The summed E-state index contributed by atoms with van der Waals surface area (Å²) in [4.78, 5) is 24.4. The summed E-state index contributed by atoms with van der Waals surface area (Å²) in [7, 11) is -3.59. The number of amides is 1. The Labute approximate surface area is 153 Å². The molecule has 1 amide bonds. The van der Waals surface area contributed by atoms with Gasteiger partial charge in [0.05, 0.1) is 10.5 Å². The predicted molar refractivity (Wildman–Crippen MR) is 98.9 cm³/mol. The second-order valence-corrected chi connectivity index (χ2v) is 7.84. The number of hydrogen-bond acceptors (Lipinski definition) is 5. The molecule has 2 aromatic rings. The van der Waals surface area contributed by atoms with Crippen LogP contribution in [0.1, 0.15) is 29.8 Å². The largest absolute Gasteiger partial charge is 0.449 e. The molecular weight excluding hydrogens is 354 g/mol. The Morgan fingerprint density at radius 3 is 2.27 bits per heavy atom. The van der Waals surface area contributed by atoms with Crippen LogP contribution < -0.4 is 5.32 Å². The highest BCUT2D eigenvalue weighted by Crippen LogP contribution is 2.17. The molecule has 0 fully saturated rings. The first-order valence-corrected chi connectivity index (χ1v) is 10.0. The third-order valence-electron chi connectivity index (χ3n) is 3.79. The standard InChI is InChI=1S/C19H21NO5S/c1-4-14-9-11-15(12-10-14)20-18(21)13(2)25-19(22)16-7-5-6-8-17(16)26(3,23)24/h5-13H,4H2,1-3H3,(H,20,21)/t13-/m1/s1. The van der Waals surface area contributed by atoms with Crippen molar-refractivity contribution < 1.29 is 22.7 Å². The first-order valence-electron chi connectivity index (χ1n) is 8.12. The zero-order valence-electron chi connectivity index (χ0n) is 14.9. The minimum atomic E-state index is -3.59. The summed E-state index contributed by atoms with van der Waals surface area (Å²) in [6, 6.07) is 13.1. The lowest BCUT2D eigenvalue weighted by molar-refractivity contribution is -0.123. The molecule has 0 aromatic heterocycles. The predicted octanol–water partition coefficient (Wildman–Crippen LogP) is 2.84. The van der Waals surface area contributed by atoms with Gasteiger partial charge in [-0.3, -0.25) is 4.79 Å². The van der Waals surface area contributed by atoms with Crippen molar-refractivity contribution in [3.63, 3.8) is 0 Å². The Kier molecular flexibility index (Phi) is 6.15. The van der Waals surface area contributed by atoms with Crippen LogP contribution in [0.4, 0.5) is 5.69 Å². The van der Waals surface area contributed by atoms with Crippen molar-refractivity contribution in [2.75, 3.05) is 11.6 Å². The Morgan fingerprint density at radius 2 is 1.69 bits per heavy atom. The highest BCUT2D eigenvalue weighted by Gasteiger charge is 2.23. The molecule has 0 saturated carbocycles. The minimum absolute atomic E-state index is 0.0954. The van der Waals surface area contributed by atoms with Crippen LogP contribution in [-0.4, -0.2) is 32.7 Å². The number of hydrogen-bond donors (Lipinski definition) is 1. The van der Waals surface area contributed by atoms with Gasteiger partial charge in [0.2, 0.25) is 0 Å². The molecule has 6 nitrogen and oxygen atoms in total. The zero-order valence-corrected chi connectivity index (χ0v) is 15.7. The quantitative estimate of drug-likeness (QED) is 0.784. The first-order chi connectivity index (χ1) is 12.2. The summed E-state index contributed by atoms with van der Waals surface area (Å²) in [5, 5.41) is 2.66. The van der Waals surface area contributed by atoms with Gasteiger partial charge in [0.25, 0.3) is 5.91 Å². The van der Waals surface area contributed by atoms with E-state index >= 15 is 0 Å². The number of esters is 1. The number of sulfone groups is 1. The van der Waals surface area contributed by atoms with Gasteiger partial charge in [0.1, 0.15) is 0 Å². The van der Waals surface area contributed by atoms with E-state index in [9.17, 15) is 18.0 Å². The molecule has 0 saturated heterocycles. The average Bonchev–Trinajstić information content (AvgIpc) is 2.61. The van der Waals surface area contributed by atoms with Gasteiger partial charge in [-0.05, 0) is 43.2 Å². The van der Waals surface area contributed by atoms with Crippen molar-refractivity contribution >= 4 is 27.4 Å². The summed E-state index contributed by atoms with van der Waals surface area (Å²) in [6.07, 6.45) is 0.818. The Balaban J connectivity index is 2.08. The Bertz CT molecular complexity index is 904. The maximum atomic E-state index is 12.3. The van der Waals surface area contributed by atoms with Crippen LogP contribution in [0.5, 0.6) is 0 Å². The minimum Gasteiger partial charge on any atom is -0.449 e. The molecule has 0 aliphatic carbocycles. The van der Waals surface area contributed by atoms with Crippen LogP contribution in [0.25, 0.3) is 0 Å². The lowest BCUT2D eigenvalue weighted by Gasteiger charge is -2.15. The number of anilines is 1. The fourth-order valence-corrected chi connectivity index (χ4v) is 3.18. The van der Waals surface area contributed by atoms with Crippen molar-refractivity contribution in [2.45, 2.75) is 31.3 Å². The molecule has 26 heavy (non-hydrogen) atoms. The Morgan fingerprint density at radius 1 is 1.08 bits per heavy atom. The SMILES string of the molecule is CCc1ccc(NC(=O)[C@@H](C)OC(=O)c2ccccc2S(C)(=O)=O)cc1. The summed E-state index contributed by atoms with van der Waals surface area (Å²) in [6.45, 7) is 3.46. The third-order valence-corrected chi connectivity index (χ3v) is 4.94. The van der Waals surface area contributed by atoms with E-state index < -0.39 is 27.8 Å². The number of carbonyl (C=O) groups excluding carboxylic acids is 2. The van der Waals surface area contributed by atoms with E-state index in [1.54, 1.807) is 12.1 Å². The van der Waals surface area contributed by atoms with Gasteiger partial charge >= 0.3 is 5.97 Å². The first kappa shape index (κ1) is 19.7.